The first kappa shape index (κ1) is 11.7. The van der Waals surface area contributed by atoms with E-state index in [1.165, 1.54) is 23.1 Å². The Morgan fingerprint density at radius 3 is 2.94 bits per heavy atom. The SMILES string of the molecule is C=C1CCCc2cc(OCOC)cc(Br)c21. The topological polar surface area (TPSA) is 18.5 Å². The molecule has 0 atom stereocenters. The van der Waals surface area contributed by atoms with E-state index in [9.17, 15) is 0 Å². The Morgan fingerprint density at radius 1 is 1.38 bits per heavy atom. The molecule has 1 aromatic rings. The summed E-state index contributed by atoms with van der Waals surface area (Å²) in [4.78, 5) is 0. The predicted molar refractivity (Wildman–Crippen MR) is 68.6 cm³/mol. The fraction of sp³-hybridized carbons (Fsp3) is 0.385. The second kappa shape index (κ2) is 5.02. The molecule has 0 N–H and O–H groups in total. The average molecular weight is 283 g/mol. The van der Waals surface area contributed by atoms with Gasteiger partial charge in [-0.3, -0.25) is 0 Å². The number of aryl methyl sites for hydroxylation is 1. The van der Waals surface area contributed by atoms with Crippen LogP contribution in [-0.4, -0.2) is 13.9 Å². The van der Waals surface area contributed by atoms with Crippen LogP contribution in [0.2, 0.25) is 0 Å². The summed E-state index contributed by atoms with van der Waals surface area (Å²) in [5, 5.41) is 0. The molecule has 0 saturated carbocycles. The molecule has 0 bridgehead atoms. The summed E-state index contributed by atoms with van der Waals surface area (Å²) in [6.45, 7) is 4.40. The van der Waals surface area contributed by atoms with E-state index >= 15 is 0 Å². The maximum absolute atomic E-state index is 5.46. The molecule has 1 aliphatic carbocycles. The number of rotatable bonds is 3. The highest BCUT2D eigenvalue weighted by molar-refractivity contribution is 9.10. The van der Waals surface area contributed by atoms with Crippen molar-refractivity contribution in [2.45, 2.75) is 19.3 Å². The normalized spacial score (nSPS) is 14.8. The lowest BCUT2D eigenvalue weighted by atomic mass is 9.88. The number of halogens is 1. The van der Waals surface area contributed by atoms with Crippen LogP contribution in [0.25, 0.3) is 5.57 Å². The van der Waals surface area contributed by atoms with Gasteiger partial charge < -0.3 is 9.47 Å². The lowest BCUT2D eigenvalue weighted by Crippen LogP contribution is -2.05. The molecule has 1 aromatic carbocycles. The summed E-state index contributed by atoms with van der Waals surface area (Å²) < 4.78 is 11.4. The monoisotopic (exact) mass is 282 g/mol. The molecule has 86 valence electrons. The first-order valence-electron chi connectivity index (χ1n) is 5.34. The van der Waals surface area contributed by atoms with Crippen LogP contribution in [0.15, 0.2) is 23.2 Å². The minimum Gasteiger partial charge on any atom is -0.468 e. The van der Waals surface area contributed by atoms with Gasteiger partial charge in [0.25, 0.3) is 0 Å². The predicted octanol–water partition coefficient (Wildman–Crippen LogP) is 3.78. The highest BCUT2D eigenvalue weighted by Gasteiger charge is 2.16. The lowest BCUT2D eigenvalue weighted by molar-refractivity contribution is 0.0510. The molecule has 2 rings (SSSR count). The molecule has 3 heteroatoms. The van der Waals surface area contributed by atoms with Gasteiger partial charge in [-0.15, -0.1) is 0 Å². The van der Waals surface area contributed by atoms with Gasteiger partial charge in [0, 0.05) is 11.6 Å². The van der Waals surface area contributed by atoms with E-state index in [0.29, 0.717) is 0 Å². The second-order valence-corrected chi connectivity index (χ2v) is 4.80. The molecular formula is C13H15BrO2. The Bertz CT molecular complexity index is 413. The van der Waals surface area contributed by atoms with Gasteiger partial charge in [-0.05, 0) is 48.1 Å². The molecule has 0 saturated heterocycles. The van der Waals surface area contributed by atoms with Crippen LogP contribution in [0.5, 0.6) is 5.75 Å². The third-order valence-corrected chi connectivity index (χ3v) is 3.39. The van der Waals surface area contributed by atoms with Crippen LogP contribution < -0.4 is 4.74 Å². The molecule has 0 amide bonds. The minimum absolute atomic E-state index is 0.284. The van der Waals surface area contributed by atoms with E-state index in [2.05, 4.69) is 28.6 Å². The number of benzene rings is 1. The maximum atomic E-state index is 5.46. The van der Waals surface area contributed by atoms with Gasteiger partial charge in [0.05, 0.1) is 0 Å². The molecule has 16 heavy (non-hydrogen) atoms. The van der Waals surface area contributed by atoms with Crippen molar-refractivity contribution in [1.29, 1.82) is 0 Å². The zero-order valence-corrected chi connectivity index (χ0v) is 11.0. The van der Waals surface area contributed by atoms with Gasteiger partial charge in [0.2, 0.25) is 0 Å². The third kappa shape index (κ3) is 2.30. The van der Waals surface area contributed by atoms with E-state index in [1.807, 2.05) is 6.07 Å². The van der Waals surface area contributed by atoms with Gasteiger partial charge in [0.15, 0.2) is 6.79 Å². The Morgan fingerprint density at radius 2 is 2.19 bits per heavy atom. The quantitative estimate of drug-likeness (QED) is 0.786. The van der Waals surface area contributed by atoms with Crippen molar-refractivity contribution in [1.82, 2.24) is 0 Å². The van der Waals surface area contributed by atoms with Crippen molar-refractivity contribution in [3.63, 3.8) is 0 Å². The van der Waals surface area contributed by atoms with E-state index in [1.54, 1.807) is 7.11 Å². The number of ether oxygens (including phenoxy) is 2. The summed E-state index contributed by atoms with van der Waals surface area (Å²) in [6.07, 6.45) is 3.35. The van der Waals surface area contributed by atoms with Crippen molar-refractivity contribution >= 4 is 21.5 Å². The van der Waals surface area contributed by atoms with Gasteiger partial charge in [-0.1, -0.05) is 22.5 Å². The molecule has 2 nitrogen and oxygen atoms in total. The van der Waals surface area contributed by atoms with Crippen LogP contribution >= 0.6 is 15.9 Å². The Hall–Kier alpha value is -0.800. The van der Waals surface area contributed by atoms with Crippen LogP contribution in [0.3, 0.4) is 0 Å². The minimum atomic E-state index is 0.284. The molecule has 0 unspecified atom stereocenters. The number of methoxy groups -OCH3 is 1. The van der Waals surface area contributed by atoms with Crippen molar-refractivity contribution in [3.8, 4) is 5.75 Å². The Kier molecular flexibility index (Phi) is 3.66. The lowest BCUT2D eigenvalue weighted by Gasteiger charge is -2.20. The van der Waals surface area contributed by atoms with Crippen molar-refractivity contribution in [2.75, 3.05) is 13.9 Å². The van der Waals surface area contributed by atoms with Crippen molar-refractivity contribution in [3.05, 3.63) is 34.3 Å². The zero-order valence-electron chi connectivity index (χ0n) is 9.38. The van der Waals surface area contributed by atoms with Gasteiger partial charge in [-0.2, -0.15) is 0 Å². The Labute approximate surface area is 104 Å². The first-order chi connectivity index (χ1) is 7.72. The van der Waals surface area contributed by atoms with Crippen LogP contribution in [0.1, 0.15) is 24.0 Å². The van der Waals surface area contributed by atoms with E-state index < -0.39 is 0 Å². The smallest absolute Gasteiger partial charge is 0.188 e. The molecular weight excluding hydrogens is 268 g/mol. The number of fused-ring (bicyclic) bond motifs is 1. The van der Waals surface area contributed by atoms with Crippen LogP contribution in [0.4, 0.5) is 0 Å². The average Bonchev–Trinajstić information content (AvgIpc) is 2.26. The highest BCUT2D eigenvalue weighted by Crippen LogP contribution is 2.37. The highest BCUT2D eigenvalue weighted by atomic mass is 79.9. The van der Waals surface area contributed by atoms with Crippen molar-refractivity contribution < 1.29 is 9.47 Å². The summed E-state index contributed by atoms with van der Waals surface area (Å²) >= 11 is 3.58. The summed E-state index contributed by atoms with van der Waals surface area (Å²) in [6, 6.07) is 4.07. The third-order valence-electron chi connectivity index (χ3n) is 2.77. The summed E-state index contributed by atoms with van der Waals surface area (Å²) in [5.74, 6) is 0.849. The molecule has 0 aromatic heterocycles. The molecule has 0 spiro atoms. The van der Waals surface area contributed by atoms with Crippen LogP contribution in [0, 0.1) is 0 Å². The Balaban J connectivity index is 2.33. The van der Waals surface area contributed by atoms with E-state index in [4.69, 9.17) is 9.47 Å². The number of hydrogen-bond acceptors (Lipinski definition) is 2. The molecule has 0 radical (unpaired) electrons. The second-order valence-electron chi connectivity index (χ2n) is 3.95. The molecule has 0 heterocycles. The van der Waals surface area contributed by atoms with Crippen LogP contribution in [-0.2, 0) is 11.2 Å². The molecule has 0 aliphatic heterocycles. The van der Waals surface area contributed by atoms with Gasteiger partial charge in [0.1, 0.15) is 5.75 Å². The maximum Gasteiger partial charge on any atom is 0.188 e. The largest absolute Gasteiger partial charge is 0.468 e. The summed E-state index contributed by atoms with van der Waals surface area (Å²) in [5.41, 5.74) is 3.79. The van der Waals surface area contributed by atoms with Gasteiger partial charge >= 0.3 is 0 Å². The van der Waals surface area contributed by atoms with Gasteiger partial charge in [-0.25, -0.2) is 0 Å². The summed E-state index contributed by atoms with van der Waals surface area (Å²) in [7, 11) is 1.62. The molecule has 0 fully saturated rings. The van der Waals surface area contributed by atoms with Crippen molar-refractivity contribution in [2.24, 2.45) is 0 Å². The standard InChI is InChI=1S/C13H15BrO2/c1-9-4-3-5-10-6-11(16-8-15-2)7-12(14)13(9)10/h6-7H,1,3-5,8H2,2H3. The van der Waals surface area contributed by atoms with E-state index in [0.717, 1.165) is 23.1 Å². The number of hydrogen-bond donors (Lipinski definition) is 0. The number of allylic oxidation sites excluding steroid dienone is 1. The fourth-order valence-electron chi connectivity index (χ4n) is 2.06. The molecule has 1 aliphatic rings. The fourth-order valence-corrected chi connectivity index (χ4v) is 2.82. The first-order valence-corrected chi connectivity index (χ1v) is 6.14. The van der Waals surface area contributed by atoms with E-state index in [-0.39, 0.29) is 6.79 Å². The zero-order chi connectivity index (χ0) is 11.5.